The van der Waals surface area contributed by atoms with Crippen molar-refractivity contribution < 1.29 is 0 Å². The van der Waals surface area contributed by atoms with E-state index in [1.807, 2.05) is 0 Å². The van der Waals surface area contributed by atoms with Crippen molar-refractivity contribution in [1.82, 2.24) is 5.32 Å². The molecule has 1 atom stereocenters. The Labute approximate surface area is 118 Å². The van der Waals surface area contributed by atoms with Gasteiger partial charge in [-0.05, 0) is 43.4 Å². The lowest BCUT2D eigenvalue weighted by atomic mass is 9.80. The Kier molecular flexibility index (Phi) is 3.91. The first-order chi connectivity index (χ1) is 8.81. The number of benzene rings is 1. The molecule has 19 heavy (non-hydrogen) atoms. The number of hydrogen-bond acceptors (Lipinski definition) is 2. The van der Waals surface area contributed by atoms with Crippen LogP contribution in [0.5, 0.6) is 0 Å². The average Bonchev–Trinajstić information content (AvgIpc) is 2.33. The normalized spacial score (nSPS) is 21.6. The van der Waals surface area contributed by atoms with Crippen LogP contribution in [0.3, 0.4) is 0 Å². The Bertz CT molecular complexity index is 449. The lowest BCUT2D eigenvalue weighted by Gasteiger charge is -2.45. The minimum Gasteiger partial charge on any atom is -0.369 e. The molecule has 2 rings (SSSR count). The Morgan fingerprint density at radius 1 is 1.37 bits per heavy atom. The number of rotatable bonds is 3. The number of nitrogens with one attached hydrogen (secondary N) is 1. The lowest BCUT2D eigenvalue weighted by molar-refractivity contribution is 0.395. The van der Waals surface area contributed by atoms with Gasteiger partial charge < -0.3 is 10.2 Å². The van der Waals surface area contributed by atoms with Crippen LogP contribution in [0.4, 0.5) is 5.69 Å². The fourth-order valence-electron chi connectivity index (χ4n) is 3.06. The van der Waals surface area contributed by atoms with E-state index in [2.05, 4.69) is 70.1 Å². The zero-order valence-corrected chi connectivity index (χ0v) is 13.2. The van der Waals surface area contributed by atoms with Crippen LogP contribution in [-0.4, -0.2) is 18.6 Å². The van der Waals surface area contributed by atoms with E-state index in [1.165, 1.54) is 23.2 Å². The monoisotopic (exact) mass is 260 g/mol. The Morgan fingerprint density at radius 2 is 2.05 bits per heavy atom. The SMILES string of the molecule is CC(C)NCc1ccc2c(c1)[C@@H](C)CC(C)(C)N2C. The highest BCUT2D eigenvalue weighted by atomic mass is 15.2. The molecule has 0 amide bonds. The van der Waals surface area contributed by atoms with Gasteiger partial charge in [0.15, 0.2) is 0 Å². The molecule has 0 aliphatic carbocycles. The maximum absolute atomic E-state index is 3.50. The summed E-state index contributed by atoms with van der Waals surface area (Å²) >= 11 is 0. The summed E-state index contributed by atoms with van der Waals surface area (Å²) in [6.45, 7) is 12.4. The third-order valence-corrected chi connectivity index (χ3v) is 4.41. The largest absolute Gasteiger partial charge is 0.369 e. The molecule has 0 saturated heterocycles. The van der Waals surface area contributed by atoms with Crippen LogP contribution in [-0.2, 0) is 6.54 Å². The summed E-state index contributed by atoms with van der Waals surface area (Å²) in [4.78, 5) is 2.43. The van der Waals surface area contributed by atoms with Crippen LogP contribution in [0, 0.1) is 0 Å². The van der Waals surface area contributed by atoms with Crippen molar-refractivity contribution >= 4 is 5.69 Å². The van der Waals surface area contributed by atoms with Crippen molar-refractivity contribution in [3.05, 3.63) is 29.3 Å². The maximum Gasteiger partial charge on any atom is 0.0403 e. The first-order valence-corrected chi connectivity index (χ1v) is 7.41. The molecule has 1 aliphatic rings. The van der Waals surface area contributed by atoms with Crippen molar-refractivity contribution in [3.8, 4) is 0 Å². The van der Waals surface area contributed by atoms with Crippen molar-refractivity contribution in [1.29, 1.82) is 0 Å². The molecule has 0 aromatic heterocycles. The molecule has 1 aromatic carbocycles. The van der Waals surface area contributed by atoms with E-state index in [-0.39, 0.29) is 5.54 Å². The van der Waals surface area contributed by atoms with E-state index < -0.39 is 0 Å². The van der Waals surface area contributed by atoms with Gasteiger partial charge in [-0.1, -0.05) is 32.9 Å². The summed E-state index contributed by atoms with van der Waals surface area (Å²) in [5, 5.41) is 3.50. The molecule has 1 aliphatic heterocycles. The lowest BCUT2D eigenvalue weighted by Crippen LogP contribution is -2.45. The van der Waals surface area contributed by atoms with Gasteiger partial charge in [-0.25, -0.2) is 0 Å². The summed E-state index contributed by atoms with van der Waals surface area (Å²) in [6.07, 6.45) is 1.22. The van der Waals surface area contributed by atoms with Gasteiger partial charge in [-0.3, -0.25) is 0 Å². The predicted octanol–water partition coefficient (Wildman–Crippen LogP) is 3.91. The Balaban J connectivity index is 2.28. The van der Waals surface area contributed by atoms with Crippen molar-refractivity contribution in [2.45, 2.75) is 65.1 Å². The zero-order valence-electron chi connectivity index (χ0n) is 13.2. The highest BCUT2D eigenvalue weighted by molar-refractivity contribution is 5.60. The van der Waals surface area contributed by atoms with Crippen LogP contribution in [0.1, 0.15) is 58.1 Å². The zero-order chi connectivity index (χ0) is 14.2. The summed E-state index contributed by atoms with van der Waals surface area (Å²) in [7, 11) is 2.22. The Hall–Kier alpha value is -1.02. The molecule has 0 unspecified atom stereocenters. The third-order valence-electron chi connectivity index (χ3n) is 4.41. The van der Waals surface area contributed by atoms with Gasteiger partial charge in [-0.15, -0.1) is 0 Å². The molecule has 0 saturated carbocycles. The maximum atomic E-state index is 3.50. The van der Waals surface area contributed by atoms with Gasteiger partial charge in [0, 0.05) is 30.9 Å². The van der Waals surface area contributed by atoms with Gasteiger partial charge in [0.25, 0.3) is 0 Å². The third kappa shape index (κ3) is 2.94. The Morgan fingerprint density at radius 3 is 2.68 bits per heavy atom. The fraction of sp³-hybridized carbons (Fsp3) is 0.647. The van der Waals surface area contributed by atoms with Crippen LogP contribution in [0.2, 0.25) is 0 Å². The highest BCUT2D eigenvalue weighted by Crippen LogP contribution is 2.42. The van der Waals surface area contributed by atoms with Crippen LogP contribution >= 0.6 is 0 Å². The smallest absolute Gasteiger partial charge is 0.0403 e. The van der Waals surface area contributed by atoms with E-state index in [9.17, 15) is 0 Å². The highest BCUT2D eigenvalue weighted by Gasteiger charge is 2.33. The van der Waals surface area contributed by atoms with Crippen molar-refractivity contribution in [2.24, 2.45) is 0 Å². The molecule has 0 bridgehead atoms. The van der Waals surface area contributed by atoms with E-state index in [0.717, 1.165) is 6.54 Å². The first kappa shape index (κ1) is 14.4. The molecule has 106 valence electrons. The van der Waals surface area contributed by atoms with Gasteiger partial charge >= 0.3 is 0 Å². The predicted molar refractivity (Wildman–Crippen MR) is 83.9 cm³/mol. The van der Waals surface area contributed by atoms with Gasteiger partial charge in [-0.2, -0.15) is 0 Å². The molecule has 2 nitrogen and oxygen atoms in total. The number of anilines is 1. The molecule has 1 aromatic rings. The molecule has 1 heterocycles. The molecular weight excluding hydrogens is 232 g/mol. The molecule has 1 N–H and O–H groups in total. The van der Waals surface area contributed by atoms with Crippen molar-refractivity contribution in [2.75, 3.05) is 11.9 Å². The second-order valence-electron chi connectivity index (χ2n) is 6.91. The van der Waals surface area contributed by atoms with E-state index in [0.29, 0.717) is 12.0 Å². The molecular formula is C17H28N2. The standard InChI is InChI=1S/C17H28N2/c1-12(2)18-11-14-7-8-16-15(9-14)13(3)10-17(4,5)19(16)6/h7-9,12-13,18H,10-11H2,1-6H3/t13-/m0/s1. The second kappa shape index (κ2) is 5.16. The second-order valence-corrected chi connectivity index (χ2v) is 6.91. The minimum atomic E-state index is 0.254. The summed E-state index contributed by atoms with van der Waals surface area (Å²) in [5.41, 5.74) is 4.55. The first-order valence-electron chi connectivity index (χ1n) is 7.41. The minimum absolute atomic E-state index is 0.254. The molecule has 0 spiro atoms. The molecule has 2 heteroatoms. The molecule has 0 fully saturated rings. The quantitative estimate of drug-likeness (QED) is 0.886. The number of fused-ring (bicyclic) bond motifs is 1. The average molecular weight is 260 g/mol. The summed E-state index contributed by atoms with van der Waals surface area (Å²) in [5.74, 6) is 0.639. The van der Waals surface area contributed by atoms with E-state index >= 15 is 0 Å². The van der Waals surface area contributed by atoms with Gasteiger partial charge in [0.1, 0.15) is 0 Å². The summed E-state index contributed by atoms with van der Waals surface area (Å²) < 4.78 is 0. The number of hydrogen-bond donors (Lipinski definition) is 1. The van der Waals surface area contributed by atoms with Crippen LogP contribution in [0.25, 0.3) is 0 Å². The summed E-state index contributed by atoms with van der Waals surface area (Å²) in [6, 6.07) is 7.49. The van der Waals surface area contributed by atoms with Crippen molar-refractivity contribution in [3.63, 3.8) is 0 Å². The van der Waals surface area contributed by atoms with Crippen LogP contribution in [0.15, 0.2) is 18.2 Å². The van der Waals surface area contributed by atoms with E-state index in [4.69, 9.17) is 0 Å². The fourth-order valence-corrected chi connectivity index (χ4v) is 3.06. The van der Waals surface area contributed by atoms with Gasteiger partial charge in [0.05, 0.1) is 0 Å². The number of nitrogens with zero attached hydrogens (tertiary/aromatic N) is 1. The van der Waals surface area contributed by atoms with Crippen LogP contribution < -0.4 is 10.2 Å². The van der Waals surface area contributed by atoms with Gasteiger partial charge in [0.2, 0.25) is 0 Å². The topological polar surface area (TPSA) is 15.3 Å². The molecule has 0 radical (unpaired) electrons. The van der Waals surface area contributed by atoms with E-state index in [1.54, 1.807) is 0 Å².